The lowest BCUT2D eigenvalue weighted by atomic mass is 9.97. The summed E-state index contributed by atoms with van der Waals surface area (Å²) >= 11 is 0. The highest BCUT2D eigenvalue weighted by Crippen LogP contribution is 2.15. The minimum Gasteiger partial charge on any atom is -0.467 e. The van der Waals surface area contributed by atoms with Crippen LogP contribution in [0.5, 0.6) is 0 Å². The summed E-state index contributed by atoms with van der Waals surface area (Å²) in [5.41, 5.74) is 0. The van der Waals surface area contributed by atoms with Crippen molar-refractivity contribution in [3.05, 3.63) is 24.2 Å². The smallest absolute Gasteiger partial charge is 0.237 e. The molecule has 1 aromatic rings. The molecule has 5 nitrogen and oxygen atoms in total. The fourth-order valence-corrected chi connectivity index (χ4v) is 2.30. The molecule has 0 aliphatic carbocycles. The molecule has 1 aliphatic rings. The number of amides is 1. The fraction of sp³-hybridized carbons (Fsp3) is 0.571. The van der Waals surface area contributed by atoms with E-state index >= 15 is 0 Å². The number of rotatable bonds is 4. The minimum absolute atomic E-state index is 0.0223. The Labute approximate surface area is 113 Å². The van der Waals surface area contributed by atoms with Crippen LogP contribution in [0.15, 0.2) is 22.8 Å². The van der Waals surface area contributed by atoms with Crippen molar-refractivity contribution in [2.45, 2.75) is 32.9 Å². The number of carbonyl (C=O) groups is 2. The summed E-state index contributed by atoms with van der Waals surface area (Å²) in [7, 11) is 0. The number of hydrogen-bond donors (Lipinski definition) is 1. The van der Waals surface area contributed by atoms with Crippen LogP contribution in [-0.4, -0.2) is 35.7 Å². The van der Waals surface area contributed by atoms with Gasteiger partial charge in [0.05, 0.1) is 18.8 Å². The quantitative estimate of drug-likeness (QED) is 0.887. The molecule has 1 N–H and O–H groups in total. The molecule has 104 valence electrons. The SMILES string of the molecule is CC1CN(C(C)C(=O)NCc2ccco2)CCC1=O. The summed E-state index contributed by atoms with van der Waals surface area (Å²) < 4.78 is 5.17. The molecule has 0 bridgehead atoms. The molecule has 2 unspecified atom stereocenters. The van der Waals surface area contributed by atoms with E-state index in [9.17, 15) is 9.59 Å². The van der Waals surface area contributed by atoms with Gasteiger partial charge in [0.25, 0.3) is 0 Å². The van der Waals surface area contributed by atoms with Gasteiger partial charge in [0, 0.05) is 25.4 Å². The van der Waals surface area contributed by atoms with Gasteiger partial charge >= 0.3 is 0 Å². The van der Waals surface area contributed by atoms with Gasteiger partial charge < -0.3 is 9.73 Å². The van der Waals surface area contributed by atoms with E-state index in [-0.39, 0.29) is 17.9 Å². The Balaban J connectivity index is 1.83. The van der Waals surface area contributed by atoms with Crippen LogP contribution in [0.25, 0.3) is 0 Å². The van der Waals surface area contributed by atoms with Gasteiger partial charge in [-0.1, -0.05) is 6.92 Å². The Morgan fingerprint density at radius 2 is 2.42 bits per heavy atom. The van der Waals surface area contributed by atoms with Crippen molar-refractivity contribution in [1.29, 1.82) is 0 Å². The van der Waals surface area contributed by atoms with Crippen molar-refractivity contribution in [2.24, 2.45) is 5.92 Å². The highest BCUT2D eigenvalue weighted by molar-refractivity contribution is 5.83. The zero-order chi connectivity index (χ0) is 13.8. The molecule has 0 aromatic carbocycles. The molecule has 2 atom stereocenters. The Hall–Kier alpha value is -1.62. The van der Waals surface area contributed by atoms with E-state index in [2.05, 4.69) is 10.2 Å². The van der Waals surface area contributed by atoms with E-state index in [1.165, 1.54) is 0 Å². The lowest BCUT2D eigenvalue weighted by molar-refractivity contribution is -0.132. The van der Waals surface area contributed by atoms with E-state index in [1.807, 2.05) is 19.9 Å². The Morgan fingerprint density at radius 3 is 3.05 bits per heavy atom. The second-order valence-electron chi connectivity index (χ2n) is 5.09. The first kappa shape index (κ1) is 13.8. The van der Waals surface area contributed by atoms with Crippen molar-refractivity contribution < 1.29 is 14.0 Å². The first-order valence-electron chi connectivity index (χ1n) is 6.65. The van der Waals surface area contributed by atoms with Gasteiger partial charge in [-0.15, -0.1) is 0 Å². The summed E-state index contributed by atoms with van der Waals surface area (Å²) in [5.74, 6) is 1.02. The van der Waals surface area contributed by atoms with Gasteiger partial charge in [0.1, 0.15) is 11.5 Å². The Morgan fingerprint density at radius 1 is 1.63 bits per heavy atom. The second kappa shape index (κ2) is 6.02. The van der Waals surface area contributed by atoms with Crippen LogP contribution in [0, 0.1) is 5.92 Å². The largest absolute Gasteiger partial charge is 0.467 e. The number of carbonyl (C=O) groups excluding carboxylic acids is 2. The molecule has 2 rings (SSSR count). The lowest BCUT2D eigenvalue weighted by Crippen LogP contribution is -2.50. The molecule has 5 heteroatoms. The molecule has 1 fully saturated rings. The monoisotopic (exact) mass is 264 g/mol. The molecule has 0 spiro atoms. The maximum Gasteiger partial charge on any atom is 0.237 e. The van der Waals surface area contributed by atoms with E-state index < -0.39 is 0 Å². The molecular formula is C14H20N2O3. The summed E-state index contributed by atoms with van der Waals surface area (Å²) in [6.45, 7) is 5.52. The molecule has 1 saturated heterocycles. The van der Waals surface area contributed by atoms with Gasteiger partial charge in [-0.2, -0.15) is 0 Å². The minimum atomic E-state index is -0.217. The van der Waals surface area contributed by atoms with E-state index in [4.69, 9.17) is 4.42 Å². The van der Waals surface area contributed by atoms with E-state index in [0.29, 0.717) is 31.8 Å². The molecular weight excluding hydrogens is 244 g/mol. The van der Waals surface area contributed by atoms with Crippen LogP contribution >= 0.6 is 0 Å². The Kier molecular flexibility index (Phi) is 4.37. The second-order valence-corrected chi connectivity index (χ2v) is 5.09. The highest BCUT2D eigenvalue weighted by Gasteiger charge is 2.29. The molecule has 1 aliphatic heterocycles. The van der Waals surface area contributed by atoms with Crippen molar-refractivity contribution >= 4 is 11.7 Å². The molecule has 0 radical (unpaired) electrons. The first-order valence-corrected chi connectivity index (χ1v) is 6.65. The molecule has 0 saturated carbocycles. The zero-order valence-corrected chi connectivity index (χ0v) is 11.4. The van der Waals surface area contributed by atoms with Crippen LogP contribution in [0.1, 0.15) is 26.0 Å². The van der Waals surface area contributed by atoms with Crippen molar-refractivity contribution in [2.75, 3.05) is 13.1 Å². The number of ketones is 1. The van der Waals surface area contributed by atoms with Crippen LogP contribution < -0.4 is 5.32 Å². The number of hydrogen-bond acceptors (Lipinski definition) is 4. The van der Waals surface area contributed by atoms with Gasteiger partial charge in [-0.3, -0.25) is 14.5 Å². The van der Waals surface area contributed by atoms with Crippen LogP contribution in [0.2, 0.25) is 0 Å². The third-order valence-corrected chi connectivity index (χ3v) is 3.65. The van der Waals surface area contributed by atoms with Crippen molar-refractivity contribution in [1.82, 2.24) is 10.2 Å². The van der Waals surface area contributed by atoms with Crippen molar-refractivity contribution in [3.63, 3.8) is 0 Å². The van der Waals surface area contributed by atoms with Crippen LogP contribution in [0.3, 0.4) is 0 Å². The third-order valence-electron chi connectivity index (χ3n) is 3.65. The standard InChI is InChI=1S/C14H20N2O3/c1-10-9-16(6-5-13(10)17)11(2)14(18)15-8-12-4-3-7-19-12/h3-4,7,10-11H,5-6,8-9H2,1-2H3,(H,15,18). The average Bonchev–Trinajstić information content (AvgIpc) is 2.91. The number of Topliss-reactive ketones (excluding diaryl/α,β-unsaturated/α-hetero) is 1. The molecule has 1 amide bonds. The third kappa shape index (κ3) is 3.44. The van der Waals surface area contributed by atoms with Gasteiger partial charge in [0.2, 0.25) is 5.91 Å². The van der Waals surface area contributed by atoms with Crippen LogP contribution in [-0.2, 0) is 16.1 Å². The molecule has 2 heterocycles. The van der Waals surface area contributed by atoms with Crippen LogP contribution in [0.4, 0.5) is 0 Å². The van der Waals surface area contributed by atoms with E-state index in [1.54, 1.807) is 12.3 Å². The predicted octanol–water partition coefficient (Wildman–Crippen LogP) is 1.20. The van der Waals surface area contributed by atoms with Crippen molar-refractivity contribution in [3.8, 4) is 0 Å². The Bertz CT molecular complexity index is 442. The number of likely N-dealkylation sites (tertiary alicyclic amines) is 1. The highest BCUT2D eigenvalue weighted by atomic mass is 16.3. The summed E-state index contributed by atoms with van der Waals surface area (Å²) in [5, 5.41) is 2.85. The normalized spacial score (nSPS) is 22.2. The zero-order valence-electron chi connectivity index (χ0n) is 11.4. The topological polar surface area (TPSA) is 62.6 Å². The first-order chi connectivity index (χ1) is 9.08. The number of nitrogens with one attached hydrogen (secondary N) is 1. The van der Waals surface area contributed by atoms with E-state index in [0.717, 1.165) is 5.76 Å². The molecule has 19 heavy (non-hydrogen) atoms. The number of nitrogens with zero attached hydrogens (tertiary/aromatic N) is 1. The lowest BCUT2D eigenvalue weighted by Gasteiger charge is -2.33. The summed E-state index contributed by atoms with van der Waals surface area (Å²) in [6.07, 6.45) is 2.12. The number of piperidine rings is 1. The predicted molar refractivity (Wildman–Crippen MR) is 70.4 cm³/mol. The molecule has 1 aromatic heterocycles. The maximum atomic E-state index is 12.0. The van der Waals surface area contributed by atoms with Gasteiger partial charge in [0.15, 0.2) is 0 Å². The maximum absolute atomic E-state index is 12.0. The summed E-state index contributed by atoms with van der Waals surface area (Å²) in [6, 6.07) is 3.40. The van der Waals surface area contributed by atoms with Gasteiger partial charge in [-0.25, -0.2) is 0 Å². The average molecular weight is 264 g/mol. The fourth-order valence-electron chi connectivity index (χ4n) is 2.30. The van der Waals surface area contributed by atoms with Gasteiger partial charge in [-0.05, 0) is 19.1 Å². The summed E-state index contributed by atoms with van der Waals surface area (Å²) in [4.78, 5) is 25.6. The number of furan rings is 1.